The van der Waals surface area contributed by atoms with Gasteiger partial charge in [0, 0.05) is 5.56 Å². The number of rotatable bonds is 3. The normalized spacial score (nSPS) is 10.9. The molecule has 1 aromatic carbocycles. The van der Waals surface area contributed by atoms with Crippen molar-refractivity contribution in [3.05, 3.63) is 45.7 Å². The fraction of sp³-hybridized carbons (Fsp3) is 0.286. The molecule has 0 aliphatic heterocycles. The van der Waals surface area contributed by atoms with Crippen LogP contribution in [0.5, 0.6) is 0 Å². The molecule has 1 heterocycles. The standard InChI is InChI=1S/C14H15ClN2S/c1-9(2)6-10-4-3-5-11(7-10)12-8-13(15)16-17-14(12)18/h3-5,7-9H,6H2,1-2H3,(H,17,18). The number of nitrogens with one attached hydrogen (secondary N) is 1. The minimum Gasteiger partial charge on any atom is -0.266 e. The molecule has 2 aromatic rings. The molecule has 0 aliphatic rings. The molecule has 0 radical (unpaired) electrons. The molecule has 0 atom stereocenters. The van der Waals surface area contributed by atoms with Crippen molar-refractivity contribution in [1.29, 1.82) is 0 Å². The Labute approximate surface area is 117 Å². The van der Waals surface area contributed by atoms with E-state index in [0.717, 1.165) is 17.5 Å². The highest BCUT2D eigenvalue weighted by Crippen LogP contribution is 2.23. The van der Waals surface area contributed by atoms with E-state index in [9.17, 15) is 0 Å². The van der Waals surface area contributed by atoms with Gasteiger partial charge in [-0.05, 0) is 29.5 Å². The fourth-order valence-corrected chi connectivity index (χ4v) is 2.31. The Kier molecular flexibility index (Phi) is 4.15. The molecule has 1 N–H and O–H groups in total. The van der Waals surface area contributed by atoms with Crippen LogP contribution in [0.4, 0.5) is 0 Å². The van der Waals surface area contributed by atoms with E-state index in [1.165, 1.54) is 5.56 Å². The second-order valence-electron chi connectivity index (χ2n) is 4.73. The zero-order valence-corrected chi connectivity index (χ0v) is 12.0. The Balaban J connectivity index is 2.44. The van der Waals surface area contributed by atoms with Crippen LogP contribution in [0.2, 0.25) is 5.15 Å². The molecule has 0 aliphatic carbocycles. The third-order valence-electron chi connectivity index (χ3n) is 2.65. The molecule has 2 nitrogen and oxygen atoms in total. The Morgan fingerprint density at radius 3 is 2.83 bits per heavy atom. The Morgan fingerprint density at radius 1 is 1.33 bits per heavy atom. The van der Waals surface area contributed by atoms with Gasteiger partial charge >= 0.3 is 0 Å². The van der Waals surface area contributed by atoms with Crippen LogP contribution < -0.4 is 0 Å². The van der Waals surface area contributed by atoms with Gasteiger partial charge in [-0.25, -0.2) is 0 Å². The smallest absolute Gasteiger partial charge is 0.150 e. The van der Waals surface area contributed by atoms with E-state index in [4.69, 9.17) is 23.8 Å². The summed E-state index contributed by atoms with van der Waals surface area (Å²) in [5.74, 6) is 0.635. The third-order valence-corrected chi connectivity index (χ3v) is 3.16. The van der Waals surface area contributed by atoms with Gasteiger partial charge in [0.2, 0.25) is 0 Å². The highest BCUT2D eigenvalue weighted by molar-refractivity contribution is 7.71. The summed E-state index contributed by atoms with van der Waals surface area (Å²) >= 11 is 11.2. The summed E-state index contributed by atoms with van der Waals surface area (Å²) < 4.78 is 0.612. The lowest BCUT2D eigenvalue weighted by Gasteiger charge is -2.08. The lowest BCUT2D eigenvalue weighted by molar-refractivity contribution is 0.647. The molecule has 2 rings (SSSR count). The van der Waals surface area contributed by atoms with Gasteiger partial charge in [-0.2, -0.15) is 5.10 Å². The number of H-pyrrole nitrogens is 1. The van der Waals surface area contributed by atoms with Gasteiger partial charge < -0.3 is 0 Å². The topological polar surface area (TPSA) is 28.7 Å². The van der Waals surface area contributed by atoms with Crippen molar-refractivity contribution >= 4 is 23.8 Å². The van der Waals surface area contributed by atoms with E-state index in [2.05, 4.69) is 42.2 Å². The van der Waals surface area contributed by atoms with E-state index in [1.54, 1.807) is 6.07 Å². The zero-order valence-electron chi connectivity index (χ0n) is 10.4. The van der Waals surface area contributed by atoms with Gasteiger partial charge in [0.25, 0.3) is 0 Å². The Bertz CT molecular complexity index is 605. The quantitative estimate of drug-likeness (QED) is 0.828. The molecule has 4 heteroatoms. The van der Waals surface area contributed by atoms with Crippen LogP contribution in [0.15, 0.2) is 30.3 Å². The largest absolute Gasteiger partial charge is 0.266 e. The van der Waals surface area contributed by atoms with Crippen LogP contribution >= 0.6 is 23.8 Å². The van der Waals surface area contributed by atoms with Crippen LogP contribution in [0.1, 0.15) is 19.4 Å². The first-order valence-electron chi connectivity index (χ1n) is 5.91. The minimum atomic E-state index is 0.424. The summed E-state index contributed by atoms with van der Waals surface area (Å²) in [6, 6.07) is 10.2. The number of benzene rings is 1. The Hall–Kier alpha value is -1.19. The summed E-state index contributed by atoms with van der Waals surface area (Å²) in [7, 11) is 0. The molecule has 0 amide bonds. The zero-order chi connectivity index (χ0) is 13.1. The van der Waals surface area contributed by atoms with Crippen LogP contribution in [0, 0.1) is 10.6 Å². The molecule has 0 saturated heterocycles. The van der Waals surface area contributed by atoms with Crippen LogP contribution in [-0.4, -0.2) is 10.2 Å². The fourth-order valence-electron chi connectivity index (χ4n) is 1.93. The number of hydrogen-bond acceptors (Lipinski definition) is 2. The summed E-state index contributed by atoms with van der Waals surface area (Å²) in [6.45, 7) is 4.42. The van der Waals surface area contributed by atoms with Crippen molar-refractivity contribution in [1.82, 2.24) is 10.2 Å². The summed E-state index contributed by atoms with van der Waals surface area (Å²) in [5, 5.41) is 7.06. The number of nitrogens with zero attached hydrogens (tertiary/aromatic N) is 1. The lowest BCUT2D eigenvalue weighted by atomic mass is 9.99. The van der Waals surface area contributed by atoms with E-state index >= 15 is 0 Å². The van der Waals surface area contributed by atoms with Crippen molar-refractivity contribution in [2.24, 2.45) is 5.92 Å². The molecular weight excluding hydrogens is 264 g/mol. The van der Waals surface area contributed by atoms with E-state index < -0.39 is 0 Å². The first kappa shape index (κ1) is 13.2. The predicted molar refractivity (Wildman–Crippen MR) is 78.4 cm³/mol. The molecule has 0 saturated carbocycles. The van der Waals surface area contributed by atoms with Gasteiger partial charge in [-0.3, -0.25) is 5.10 Å². The predicted octanol–water partition coefficient (Wildman–Crippen LogP) is 4.66. The molecule has 0 spiro atoms. The van der Waals surface area contributed by atoms with Crippen molar-refractivity contribution in [3.63, 3.8) is 0 Å². The van der Waals surface area contributed by atoms with Crippen LogP contribution in [0.3, 0.4) is 0 Å². The molecule has 18 heavy (non-hydrogen) atoms. The first-order chi connectivity index (χ1) is 8.56. The molecular formula is C14H15ClN2S. The number of hydrogen-bond donors (Lipinski definition) is 1. The Morgan fingerprint density at radius 2 is 2.11 bits per heavy atom. The van der Waals surface area contributed by atoms with Crippen molar-refractivity contribution < 1.29 is 0 Å². The second-order valence-corrected chi connectivity index (χ2v) is 5.53. The maximum atomic E-state index is 5.90. The van der Waals surface area contributed by atoms with Crippen molar-refractivity contribution in [3.8, 4) is 11.1 Å². The maximum Gasteiger partial charge on any atom is 0.150 e. The van der Waals surface area contributed by atoms with Gasteiger partial charge in [0.1, 0.15) is 9.79 Å². The van der Waals surface area contributed by atoms with Crippen LogP contribution in [0.25, 0.3) is 11.1 Å². The van der Waals surface area contributed by atoms with E-state index in [0.29, 0.717) is 15.7 Å². The molecule has 0 bridgehead atoms. The molecule has 94 valence electrons. The maximum absolute atomic E-state index is 5.90. The SMILES string of the molecule is CC(C)Cc1cccc(-c2cc(Cl)n[nH]c2=S)c1. The lowest BCUT2D eigenvalue weighted by Crippen LogP contribution is -1.94. The van der Waals surface area contributed by atoms with E-state index in [1.807, 2.05) is 6.07 Å². The highest BCUT2D eigenvalue weighted by Gasteiger charge is 2.04. The highest BCUT2D eigenvalue weighted by atomic mass is 35.5. The summed E-state index contributed by atoms with van der Waals surface area (Å²) in [4.78, 5) is 0. The average molecular weight is 279 g/mol. The van der Waals surface area contributed by atoms with Gasteiger partial charge in [0.05, 0.1) is 0 Å². The summed E-state index contributed by atoms with van der Waals surface area (Å²) in [5.41, 5.74) is 3.32. The average Bonchev–Trinajstić information content (AvgIpc) is 2.32. The van der Waals surface area contributed by atoms with Gasteiger partial charge in [0.15, 0.2) is 0 Å². The first-order valence-corrected chi connectivity index (χ1v) is 6.69. The third kappa shape index (κ3) is 3.18. The monoisotopic (exact) mass is 278 g/mol. The second kappa shape index (κ2) is 5.63. The summed E-state index contributed by atoms with van der Waals surface area (Å²) in [6.07, 6.45) is 1.06. The van der Waals surface area contributed by atoms with Crippen molar-refractivity contribution in [2.45, 2.75) is 20.3 Å². The number of aromatic amines is 1. The van der Waals surface area contributed by atoms with Gasteiger partial charge in [-0.15, -0.1) is 0 Å². The minimum absolute atomic E-state index is 0.424. The van der Waals surface area contributed by atoms with Crippen LogP contribution in [-0.2, 0) is 6.42 Å². The van der Waals surface area contributed by atoms with Gasteiger partial charge in [-0.1, -0.05) is 61.9 Å². The molecule has 1 aromatic heterocycles. The molecule has 0 unspecified atom stereocenters. The number of aromatic nitrogens is 2. The van der Waals surface area contributed by atoms with Crippen molar-refractivity contribution in [2.75, 3.05) is 0 Å². The van der Waals surface area contributed by atoms with E-state index in [-0.39, 0.29) is 0 Å². The molecule has 0 fully saturated rings. The number of halogens is 1.